The highest BCUT2D eigenvalue weighted by Crippen LogP contribution is 2.27. The zero-order chi connectivity index (χ0) is 19.3. The van der Waals surface area contributed by atoms with Crippen LogP contribution in [0.25, 0.3) is 10.8 Å². The van der Waals surface area contributed by atoms with Crippen molar-refractivity contribution >= 4 is 32.4 Å². The van der Waals surface area contributed by atoms with Crippen molar-refractivity contribution < 1.29 is 13.2 Å². The highest BCUT2D eigenvalue weighted by Gasteiger charge is 2.35. The number of benzene rings is 2. The van der Waals surface area contributed by atoms with E-state index in [0.717, 1.165) is 29.3 Å². The van der Waals surface area contributed by atoms with Gasteiger partial charge in [-0.25, -0.2) is 13.1 Å². The van der Waals surface area contributed by atoms with Crippen LogP contribution in [0.2, 0.25) is 0 Å². The maximum atomic E-state index is 11.6. The van der Waals surface area contributed by atoms with Crippen LogP contribution in [0.5, 0.6) is 0 Å². The Bertz CT molecular complexity index is 851. The molecule has 26 heavy (non-hydrogen) atoms. The molecule has 1 saturated carbocycles. The van der Waals surface area contributed by atoms with Crippen molar-refractivity contribution in [2.24, 2.45) is 5.92 Å². The van der Waals surface area contributed by atoms with E-state index in [4.69, 9.17) is 0 Å². The van der Waals surface area contributed by atoms with Gasteiger partial charge in [-0.15, -0.1) is 0 Å². The van der Waals surface area contributed by atoms with Gasteiger partial charge in [-0.1, -0.05) is 50.2 Å². The Hall–Kier alpha value is -1.92. The van der Waals surface area contributed by atoms with Crippen molar-refractivity contribution in [1.82, 2.24) is 4.72 Å². The molecule has 0 saturated heterocycles. The molecule has 0 atom stereocenters. The second-order valence-corrected chi connectivity index (χ2v) is 9.18. The van der Waals surface area contributed by atoms with Crippen LogP contribution in [0.4, 0.5) is 5.69 Å². The second-order valence-electron chi connectivity index (χ2n) is 7.19. The fourth-order valence-electron chi connectivity index (χ4n) is 2.41. The van der Waals surface area contributed by atoms with Gasteiger partial charge in [-0.05, 0) is 38.1 Å². The third kappa shape index (κ3) is 5.81. The summed E-state index contributed by atoms with van der Waals surface area (Å²) in [4.78, 5) is 11.6. The number of hydrogen-bond acceptors (Lipinski definition) is 3. The first kappa shape index (κ1) is 20.4. The monoisotopic (exact) mass is 376 g/mol. The highest BCUT2D eigenvalue weighted by molar-refractivity contribution is 7.90. The Kier molecular flexibility index (Phi) is 6.78. The molecule has 0 radical (unpaired) electrons. The largest absolute Gasteiger partial charge is 0.325 e. The van der Waals surface area contributed by atoms with Crippen molar-refractivity contribution in [3.05, 3.63) is 42.5 Å². The Morgan fingerprint density at radius 3 is 2.19 bits per heavy atom. The average Bonchev–Trinajstić information content (AvgIpc) is 3.40. The first-order valence-electron chi connectivity index (χ1n) is 9.00. The van der Waals surface area contributed by atoms with E-state index < -0.39 is 10.0 Å². The minimum absolute atomic E-state index is 0.000955. The summed E-state index contributed by atoms with van der Waals surface area (Å²) in [5.74, 6) is 0.0512. The van der Waals surface area contributed by atoms with Gasteiger partial charge in [0.05, 0.1) is 5.25 Å². The predicted molar refractivity (Wildman–Crippen MR) is 108 cm³/mol. The third-order valence-electron chi connectivity index (χ3n) is 3.94. The van der Waals surface area contributed by atoms with E-state index >= 15 is 0 Å². The number of fused-ring (bicyclic) bond motifs is 1. The Balaban J connectivity index is 0.000000209. The fraction of sp³-hybridized carbons (Fsp3) is 0.450. The van der Waals surface area contributed by atoms with Gasteiger partial charge in [0, 0.05) is 23.0 Å². The summed E-state index contributed by atoms with van der Waals surface area (Å²) in [6, 6.07) is 14.0. The quantitative estimate of drug-likeness (QED) is 0.831. The van der Waals surface area contributed by atoms with Crippen LogP contribution < -0.4 is 10.0 Å². The molecular weight excluding hydrogens is 348 g/mol. The Morgan fingerprint density at radius 1 is 1.00 bits per heavy atom. The van der Waals surface area contributed by atoms with Crippen LogP contribution in [-0.4, -0.2) is 25.6 Å². The Labute approximate surface area is 156 Å². The molecule has 0 bridgehead atoms. The SMILES string of the molecule is CC(C)C(=O)Nc1cccc2ccccc12.CC(C)NS(=O)(=O)C1CC1. The third-order valence-corrected chi connectivity index (χ3v) is 6.08. The van der Waals surface area contributed by atoms with Crippen molar-refractivity contribution in [2.45, 2.75) is 51.8 Å². The smallest absolute Gasteiger partial charge is 0.226 e. The molecule has 6 heteroatoms. The van der Waals surface area contributed by atoms with Crippen molar-refractivity contribution in [2.75, 3.05) is 5.32 Å². The second kappa shape index (κ2) is 8.64. The molecule has 142 valence electrons. The highest BCUT2D eigenvalue weighted by atomic mass is 32.2. The summed E-state index contributed by atoms with van der Waals surface area (Å²) in [7, 11) is -2.94. The van der Waals surface area contributed by atoms with E-state index in [9.17, 15) is 13.2 Å². The first-order valence-corrected chi connectivity index (χ1v) is 10.5. The van der Waals surface area contributed by atoms with Gasteiger partial charge in [0.25, 0.3) is 0 Å². The predicted octanol–water partition coefficient (Wildman–Crippen LogP) is 3.91. The molecule has 1 aliphatic rings. The molecular formula is C20H28N2O3S. The summed E-state index contributed by atoms with van der Waals surface area (Å²) < 4.78 is 24.7. The maximum Gasteiger partial charge on any atom is 0.226 e. The molecule has 2 aromatic rings. The van der Waals surface area contributed by atoms with Crippen LogP contribution in [0.1, 0.15) is 40.5 Å². The van der Waals surface area contributed by atoms with E-state index in [2.05, 4.69) is 10.0 Å². The number of nitrogens with one attached hydrogen (secondary N) is 2. The summed E-state index contributed by atoms with van der Waals surface area (Å²) >= 11 is 0. The molecule has 1 fully saturated rings. The lowest BCUT2D eigenvalue weighted by Crippen LogP contribution is -2.32. The molecule has 0 aromatic heterocycles. The lowest BCUT2D eigenvalue weighted by molar-refractivity contribution is -0.118. The van der Waals surface area contributed by atoms with Gasteiger partial charge < -0.3 is 5.32 Å². The number of hydrogen-bond donors (Lipinski definition) is 2. The lowest BCUT2D eigenvalue weighted by Gasteiger charge is -2.10. The van der Waals surface area contributed by atoms with Crippen LogP contribution in [0.3, 0.4) is 0 Å². The van der Waals surface area contributed by atoms with E-state index in [1.165, 1.54) is 0 Å². The average molecular weight is 377 g/mol. The standard InChI is InChI=1S/C14H15NO.C6H13NO2S/c1-10(2)14(16)15-13-9-5-7-11-6-3-4-8-12(11)13;1-5(2)7-10(8,9)6-3-4-6/h3-10H,1-2H3,(H,15,16);5-7H,3-4H2,1-2H3. The van der Waals surface area contributed by atoms with Crippen molar-refractivity contribution in [3.8, 4) is 0 Å². The number of rotatable bonds is 5. The molecule has 0 unspecified atom stereocenters. The lowest BCUT2D eigenvalue weighted by atomic mass is 10.1. The number of carbonyl (C=O) groups excluding carboxylic acids is 1. The number of carbonyl (C=O) groups is 1. The van der Waals surface area contributed by atoms with Crippen LogP contribution in [-0.2, 0) is 14.8 Å². The summed E-state index contributed by atoms with van der Waals surface area (Å²) in [6.07, 6.45) is 1.67. The van der Waals surface area contributed by atoms with Crippen LogP contribution >= 0.6 is 0 Å². The minimum Gasteiger partial charge on any atom is -0.325 e. The molecule has 0 aliphatic heterocycles. The zero-order valence-electron chi connectivity index (χ0n) is 15.8. The molecule has 1 amide bonds. The van der Waals surface area contributed by atoms with Gasteiger partial charge in [0.2, 0.25) is 15.9 Å². The molecule has 2 N–H and O–H groups in total. The Morgan fingerprint density at radius 2 is 1.62 bits per heavy atom. The molecule has 2 aromatic carbocycles. The van der Waals surface area contributed by atoms with Gasteiger partial charge >= 0.3 is 0 Å². The van der Waals surface area contributed by atoms with Gasteiger partial charge in [-0.3, -0.25) is 4.79 Å². The molecule has 0 spiro atoms. The summed E-state index contributed by atoms with van der Waals surface area (Å²) in [5, 5.41) is 5.08. The maximum absolute atomic E-state index is 11.6. The van der Waals surface area contributed by atoms with Crippen LogP contribution in [0.15, 0.2) is 42.5 Å². The number of sulfonamides is 1. The van der Waals surface area contributed by atoms with Crippen molar-refractivity contribution in [1.29, 1.82) is 0 Å². The van der Waals surface area contributed by atoms with E-state index in [1.807, 2.05) is 70.2 Å². The molecule has 5 nitrogen and oxygen atoms in total. The summed E-state index contributed by atoms with van der Waals surface area (Å²) in [5.41, 5.74) is 0.886. The first-order chi connectivity index (χ1) is 12.2. The van der Waals surface area contributed by atoms with E-state index in [1.54, 1.807) is 0 Å². The number of anilines is 1. The fourth-order valence-corrected chi connectivity index (χ4v) is 4.02. The van der Waals surface area contributed by atoms with Gasteiger partial charge in [-0.2, -0.15) is 0 Å². The zero-order valence-corrected chi connectivity index (χ0v) is 16.6. The van der Waals surface area contributed by atoms with Crippen LogP contribution in [0, 0.1) is 5.92 Å². The van der Waals surface area contributed by atoms with E-state index in [0.29, 0.717) is 0 Å². The minimum atomic E-state index is -2.94. The normalized spacial score (nSPS) is 14.2. The van der Waals surface area contributed by atoms with E-state index in [-0.39, 0.29) is 23.1 Å². The summed E-state index contributed by atoms with van der Waals surface area (Å²) in [6.45, 7) is 7.45. The molecule has 0 heterocycles. The van der Waals surface area contributed by atoms with Gasteiger partial charge in [0.1, 0.15) is 0 Å². The molecule has 3 rings (SSSR count). The topological polar surface area (TPSA) is 75.3 Å². The van der Waals surface area contributed by atoms with Gasteiger partial charge in [0.15, 0.2) is 0 Å². The number of amides is 1. The molecule has 1 aliphatic carbocycles. The van der Waals surface area contributed by atoms with Crippen molar-refractivity contribution in [3.63, 3.8) is 0 Å².